The van der Waals surface area contributed by atoms with E-state index in [-0.39, 0.29) is 4.90 Å². The van der Waals surface area contributed by atoms with Crippen molar-refractivity contribution in [3.63, 3.8) is 0 Å². The van der Waals surface area contributed by atoms with Crippen LogP contribution in [-0.2, 0) is 10.0 Å². The molecule has 2 aromatic carbocycles. The average Bonchev–Trinajstić information content (AvgIpc) is 3.06. The van der Waals surface area contributed by atoms with Gasteiger partial charge in [-0.25, -0.2) is 16.8 Å². The fourth-order valence-electron chi connectivity index (χ4n) is 3.18. The van der Waals surface area contributed by atoms with Crippen molar-refractivity contribution in [2.75, 3.05) is 31.1 Å². The van der Waals surface area contributed by atoms with Gasteiger partial charge >= 0.3 is 0 Å². The van der Waals surface area contributed by atoms with Crippen LogP contribution in [0.3, 0.4) is 0 Å². The number of piperazine rings is 1. The lowest BCUT2D eigenvalue weighted by Crippen LogP contribution is -2.43. The molecule has 1 aliphatic rings. The Kier molecular flexibility index (Phi) is 3.97. The molecule has 0 atom stereocenters. The number of hydrogen-bond donors (Lipinski definition) is 1. The maximum atomic E-state index is 14.0. The molecular weight excluding hydrogens is 341 g/mol. The Morgan fingerprint density at radius 3 is 2.52 bits per heavy atom. The van der Waals surface area contributed by atoms with Crippen LogP contribution in [0.1, 0.15) is 0 Å². The summed E-state index contributed by atoms with van der Waals surface area (Å²) in [5, 5.41) is 4.10. The molecule has 2 heterocycles. The third-order valence-corrected chi connectivity index (χ3v) is 6.22. The molecule has 0 aliphatic carbocycles. The number of rotatable bonds is 3. The second-order valence-corrected chi connectivity index (χ2v) is 7.81. The molecule has 1 fully saturated rings. The van der Waals surface area contributed by atoms with Gasteiger partial charge in [-0.2, -0.15) is 0 Å². The fraction of sp³-hybridized carbons (Fsp3) is 0.222. The van der Waals surface area contributed by atoms with Crippen LogP contribution in [0.5, 0.6) is 0 Å². The highest BCUT2D eigenvalue weighted by Crippen LogP contribution is 2.27. The van der Waals surface area contributed by atoms with Gasteiger partial charge < -0.3 is 10.2 Å². The van der Waals surface area contributed by atoms with Gasteiger partial charge in [0.25, 0.3) is 10.0 Å². The van der Waals surface area contributed by atoms with Gasteiger partial charge in [0.15, 0.2) is 0 Å². The molecule has 1 saturated heterocycles. The number of benzene rings is 2. The van der Waals surface area contributed by atoms with Gasteiger partial charge in [-0.15, -0.1) is 0 Å². The molecule has 0 unspecified atom stereocenters. The fourth-order valence-corrected chi connectivity index (χ4v) is 4.60. The average molecular weight is 359 g/mol. The van der Waals surface area contributed by atoms with Gasteiger partial charge in [-0.05, 0) is 30.3 Å². The van der Waals surface area contributed by atoms with Crippen molar-refractivity contribution in [2.45, 2.75) is 4.90 Å². The van der Waals surface area contributed by atoms with Gasteiger partial charge in [0.2, 0.25) is 0 Å². The maximum Gasteiger partial charge on any atom is 0.271 e. The van der Waals surface area contributed by atoms with E-state index in [0.29, 0.717) is 5.52 Å². The summed E-state index contributed by atoms with van der Waals surface area (Å²) in [6.45, 7) is 3.53. The topological polar surface area (TPSA) is 54.3 Å². The molecule has 0 saturated carbocycles. The first-order valence-electron chi connectivity index (χ1n) is 8.14. The molecule has 25 heavy (non-hydrogen) atoms. The van der Waals surface area contributed by atoms with E-state index in [2.05, 4.69) is 10.2 Å². The van der Waals surface area contributed by atoms with Crippen molar-refractivity contribution in [1.29, 1.82) is 0 Å². The highest BCUT2D eigenvalue weighted by Gasteiger charge is 2.23. The van der Waals surface area contributed by atoms with E-state index in [1.165, 1.54) is 24.4 Å². The Bertz CT molecular complexity index is 1020. The lowest BCUT2D eigenvalue weighted by Gasteiger charge is -2.29. The van der Waals surface area contributed by atoms with E-state index >= 15 is 0 Å². The van der Waals surface area contributed by atoms with Gasteiger partial charge in [-0.3, -0.25) is 0 Å². The van der Waals surface area contributed by atoms with Crippen LogP contribution < -0.4 is 10.2 Å². The second kappa shape index (κ2) is 6.16. The van der Waals surface area contributed by atoms with Gasteiger partial charge in [0.05, 0.1) is 5.52 Å². The second-order valence-electron chi connectivity index (χ2n) is 6.03. The molecule has 0 bridgehead atoms. The third-order valence-electron chi connectivity index (χ3n) is 4.50. The van der Waals surface area contributed by atoms with Crippen molar-refractivity contribution < 1.29 is 12.8 Å². The smallest absolute Gasteiger partial charge is 0.271 e. The highest BCUT2D eigenvalue weighted by atomic mass is 32.2. The molecule has 1 N–H and O–H groups in total. The molecule has 4 rings (SSSR count). The lowest BCUT2D eigenvalue weighted by molar-refractivity contribution is 0.562. The summed E-state index contributed by atoms with van der Waals surface area (Å²) in [7, 11) is -3.99. The van der Waals surface area contributed by atoms with Crippen LogP contribution in [0.25, 0.3) is 10.9 Å². The molecule has 1 aliphatic heterocycles. The van der Waals surface area contributed by atoms with E-state index in [4.69, 9.17) is 0 Å². The first-order valence-corrected chi connectivity index (χ1v) is 9.58. The normalized spacial score (nSPS) is 15.6. The number of halogens is 1. The Hall–Kier alpha value is -2.38. The van der Waals surface area contributed by atoms with Crippen LogP contribution in [0.15, 0.2) is 59.6 Å². The van der Waals surface area contributed by atoms with E-state index in [9.17, 15) is 12.8 Å². The summed E-state index contributed by atoms with van der Waals surface area (Å²) in [4.78, 5) is 1.89. The maximum absolute atomic E-state index is 14.0. The van der Waals surface area contributed by atoms with Crippen LogP contribution in [-0.4, -0.2) is 38.6 Å². The van der Waals surface area contributed by atoms with Gasteiger partial charge in [0.1, 0.15) is 10.7 Å². The van der Waals surface area contributed by atoms with Crippen molar-refractivity contribution in [3.8, 4) is 0 Å². The highest BCUT2D eigenvalue weighted by molar-refractivity contribution is 7.90. The summed E-state index contributed by atoms with van der Waals surface area (Å²) in [5.74, 6) is -0.748. The summed E-state index contributed by atoms with van der Waals surface area (Å²) in [6.07, 6.45) is 1.48. The Morgan fingerprint density at radius 2 is 1.76 bits per heavy atom. The zero-order valence-electron chi connectivity index (χ0n) is 13.5. The SMILES string of the molecule is O=S(=O)(c1ccccc1F)n1ccc2ccc(N3CCNCC3)cc21. The van der Waals surface area contributed by atoms with Crippen molar-refractivity contribution in [2.24, 2.45) is 0 Å². The number of hydrogen-bond acceptors (Lipinski definition) is 4. The minimum Gasteiger partial charge on any atom is -0.369 e. The number of fused-ring (bicyclic) bond motifs is 1. The standard InChI is InChI=1S/C18H18FN3O2S/c19-16-3-1-2-4-18(16)25(23,24)22-10-7-14-5-6-15(13-17(14)22)21-11-8-20-9-12-21/h1-7,10,13,20H,8-9,11-12H2. The van der Waals surface area contributed by atoms with Crippen LogP contribution in [0.2, 0.25) is 0 Å². The third kappa shape index (κ3) is 2.79. The molecule has 3 aromatic rings. The molecule has 7 heteroatoms. The van der Waals surface area contributed by atoms with Crippen LogP contribution in [0.4, 0.5) is 10.1 Å². The Balaban J connectivity index is 1.83. The van der Waals surface area contributed by atoms with E-state index in [1.807, 2.05) is 18.2 Å². The molecular formula is C18H18FN3O2S. The van der Waals surface area contributed by atoms with Crippen molar-refractivity contribution in [1.82, 2.24) is 9.29 Å². The number of nitrogens with one attached hydrogen (secondary N) is 1. The first-order chi connectivity index (χ1) is 12.1. The molecule has 1 aromatic heterocycles. The summed E-state index contributed by atoms with van der Waals surface area (Å²) >= 11 is 0. The zero-order chi connectivity index (χ0) is 17.4. The molecule has 0 amide bonds. The minimum atomic E-state index is -3.99. The van der Waals surface area contributed by atoms with Crippen LogP contribution >= 0.6 is 0 Å². The molecule has 0 spiro atoms. The minimum absolute atomic E-state index is 0.319. The largest absolute Gasteiger partial charge is 0.369 e. The molecule has 0 radical (unpaired) electrons. The van der Waals surface area contributed by atoms with E-state index < -0.39 is 15.8 Å². The quantitative estimate of drug-likeness (QED) is 0.780. The molecule has 130 valence electrons. The summed E-state index contributed by atoms with van der Waals surface area (Å²) < 4.78 is 41.0. The monoisotopic (exact) mass is 359 g/mol. The Morgan fingerprint density at radius 1 is 1.00 bits per heavy atom. The first kappa shape index (κ1) is 16.1. The predicted octanol–water partition coefficient (Wildman–Crippen LogP) is 2.43. The van der Waals surface area contributed by atoms with Gasteiger partial charge in [0, 0.05) is 43.4 Å². The molecule has 5 nitrogen and oxygen atoms in total. The number of aromatic nitrogens is 1. The number of nitrogens with zero attached hydrogens (tertiary/aromatic N) is 2. The van der Waals surface area contributed by atoms with Crippen molar-refractivity contribution in [3.05, 3.63) is 60.5 Å². The number of anilines is 1. The Labute approximate surface area is 145 Å². The summed E-state index contributed by atoms with van der Waals surface area (Å²) in [5.41, 5.74) is 1.52. The predicted molar refractivity (Wildman–Crippen MR) is 96.0 cm³/mol. The zero-order valence-corrected chi connectivity index (χ0v) is 14.3. The van der Waals surface area contributed by atoms with Crippen LogP contribution in [0, 0.1) is 5.82 Å². The van der Waals surface area contributed by atoms with E-state index in [1.54, 1.807) is 6.07 Å². The van der Waals surface area contributed by atoms with Gasteiger partial charge in [-0.1, -0.05) is 18.2 Å². The summed E-state index contributed by atoms with van der Waals surface area (Å²) in [6, 6.07) is 12.9. The lowest BCUT2D eigenvalue weighted by atomic mass is 10.2. The van der Waals surface area contributed by atoms with E-state index in [0.717, 1.165) is 47.3 Å². The van der Waals surface area contributed by atoms with Crippen molar-refractivity contribution >= 4 is 26.6 Å².